The Labute approximate surface area is 106 Å². The molecule has 1 rings (SSSR count). The van der Waals surface area contributed by atoms with Crippen LogP contribution in [0, 0.1) is 17.8 Å². The lowest BCUT2D eigenvalue weighted by Crippen LogP contribution is -2.48. The van der Waals surface area contributed by atoms with Crippen molar-refractivity contribution in [3.8, 4) is 0 Å². The van der Waals surface area contributed by atoms with Gasteiger partial charge in [0.15, 0.2) is 0 Å². The first-order valence-electron chi connectivity index (χ1n) is 6.97. The molecule has 2 N–H and O–H groups in total. The molecule has 1 amide bonds. The summed E-state index contributed by atoms with van der Waals surface area (Å²) in [6.07, 6.45) is 4.42. The molecule has 0 aromatic rings. The highest BCUT2D eigenvalue weighted by atomic mass is 16.2. The van der Waals surface area contributed by atoms with E-state index >= 15 is 0 Å². The molecule has 0 heterocycles. The fraction of sp³-hybridized carbons (Fsp3) is 0.929. The summed E-state index contributed by atoms with van der Waals surface area (Å²) in [7, 11) is 1.92. The molecule has 0 spiro atoms. The molecule has 3 heteroatoms. The van der Waals surface area contributed by atoms with Gasteiger partial charge in [0.05, 0.1) is 5.92 Å². The average Bonchev–Trinajstić information content (AvgIpc) is 2.28. The molecule has 0 aromatic carbocycles. The van der Waals surface area contributed by atoms with Crippen molar-refractivity contribution in [3.05, 3.63) is 0 Å². The number of amides is 1. The first-order chi connectivity index (χ1) is 7.97. The van der Waals surface area contributed by atoms with Crippen LogP contribution in [0.5, 0.6) is 0 Å². The number of nitrogens with zero attached hydrogens (tertiary/aromatic N) is 1. The van der Waals surface area contributed by atoms with Crippen LogP contribution in [0.2, 0.25) is 0 Å². The van der Waals surface area contributed by atoms with Crippen LogP contribution in [0.4, 0.5) is 0 Å². The minimum absolute atomic E-state index is 0.0396. The summed E-state index contributed by atoms with van der Waals surface area (Å²) in [5.74, 6) is 1.30. The van der Waals surface area contributed by atoms with E-state index in [0.29, 0.717) is 11.8 Å². The van der Waals surface area contributed by atoms with Gasteiger partial charge in [-0.1, -0.05) is 33.6 Å². The molecule has 0 bridgehead atoms. The van der Waals surface area contributed by atoms with E-state index in [2.05, 4.69) is 20.8 Å². The second kappa shape index (κ2) is 6.39. The molecule has 0 aliphatic heterocycles. The summed E-state index contributed by atoms with van der Waals surface area (Å²) in [6.45, 7) is 7.37. The molecule has 100 valence electrons. The summed E-state index contributed by atoms with van der Waals surface area (Å²) in [6, 6.07) is 0.0608. The third-order valence-electron chi connectivity index (χ3n) is 4.22. The molecule has 4 atom stereocenters. The third kappa shape index (κ3) is 3.70. The van der Waals surface area contributed by atoms with Crippen molar-refractivity contribution in [1.29, 1.82) is 0 Å². The molecule has 1 aliphatic carbocycles. The minimum atomic E-state index is 0.0396. The highest BCUT2D eigenvalue weighted by molar-refractivity contribution is 5.79. The number of rotatable bonds is 4. The van der Waals surface area contributed by atoms with Crippen LogP contribution in [-0.2, 0) is 4.79 Å². The van der Waals surface area contributed by atoms with E-state index in [4.69, 9.17) is 5.73 Å². The van der Waals surface area contributed by atoms with E-state index in [1.807, 2.05) is 11.9 Å². The lowest BCUT2D eigenvalue weighted by molar-refractivity contribution is -0.138. The third-order valence-corrected chi connectivity index (χ3v) is 4.22. The Morgan fingerprint density at radius 2 is 2.12 bits per heavy atom. The molecule has 1 saturated carbocycles. The highest BCUT2D eigenvalue weighted by Gasteiger charge is 2.35. The smallest absolute Gasteiger partial charge is 0.227 e. The minimum Gasteiger partial charge on any atom is -0.345 e. The number of nitrogens with two attached hydrogens (primary N) is 1. The molecule has 0 saturated heterocycles. The monoisotopic (exact) mass is 240 g/mol. The molecule has 17 heavy (non-hydrogen) atoms. The molecular weight excluding hydrogens is 212 g/mol. The Morgan fingerprint density at radius 1 is 1.47 bits per heavy atom. The van der Waals surface area contributed by atoms with E-state index in [9.17, 15) is 4.79 Å². The summed E-state index contributed by atoms with van der Waals surface area (Å²) < 4.78 is 0. The lowest BCUT2D eigenvalue weighted by atomic mass is 9.76. The maximum atomic E-state index is 12.4. The van der Waals surface area contributed by atoms with E-state index in [1.165, 1.54) is 6.42 Å². The van der Waals surface area contributed by atoms with E-state index in [0.717, 1.165) is 25.8 Å². The van der Waals surface area contributed by atoms with Crippen molar-refractivity contribution < 1.29 is 4.79 Å². The summed E-state index contributed by atoms with van der Waals surface area (Å²) in [4.78, 5) is 14.3. The molecular formula is C14H28N2O. The van der Waals surface area contributed by atoms with Crippen molar-refractivity contribution >= 4 is 5.91 Å². The number of carbonyl (C=O) groups excluding carboxylic acids is 1. The van der Waals surface area contributed by atoms with E-state index in [-0.39, 0.29) is 17.9 Å². The Hall–Kier alpha value is -0.570. The van der Waals surface area contributed by atoms with Crippen LogP contribution < -0.4 is 5.73 Å². The van der Waals surface area contributed by atoms with Crippen molar-refractivity contribution in [2.24, 2.45) is 23.5 Å². The van der Waals surface area contributed by atoms with Gasteiger partial charge in [-0.15, -0.1) is 0 Å². The van der Waals surface area contributed by atoms with Crippen LogP contribution in [0.1, 0.15) is 46.5 Å². The molecule has 1 aliphatic rings. The predicted octanol–water partition coefficient (Wildman–Crippen LogP) is 2.25. The van der Waals surface area contributed by atoms with E-state index < -0.39 is 0 Å². The SMILES string of the molecule is CCC(C)CN(C)C(=O)C1C(C)CCCC1N. The van der Waals surface area contributed by atoms with Gasteiger partial charge in [0, 0.05) is 19.6 Å². The Morgan fingerprint density at radius 3 is 2.65 bits per heavy atom. The van der Waals surface area contributed by atoms with Crippen LogP contribution in [0.3, 0.4) is 0 Å². The summed E-state index contributed by atoms with van der Waals surface area (Å²) in [5.41, 5.74) is 6.12. The van der Waals surface area contributed by atoms with Gasteiger partial charge in [-0.3, -0.25) is 4.79 Å². The largest absolute Gasteiger partial charge is 0.345 e. The quantitative estimate of drug-likeness (QED) is 0.819. The van der Waals surface area contributed by atoms with Gasteiger partial charge in [0.1, 0.15) is 0 Å². The topological polar surface area (TPSA) is 46.3 Å². The van der Waals surface area contributed by atoms with Crippen molar-refractivity contribution in [2.75, 3.05) is 13.6 Å². The lowest BCUT2D eigenvalue weighted by Gasteiger charge is -2.36. The van der Waals surface area contributed by atoms with Gasteiger partial charge < -0.3 is 10.6 Å². The number of carbonyl (C=O) groups is 1. The maximum absolute atomic E-state index is 12.4. The van der Waals surface area contributed by atoms with Crippen LogP contribution in [-0.4, -0.2) is 30.4 Å². The predicted molar refractivity (Wildman–Crippen MR) is 71.6 cm³/mol. The van der Waals surface area contributed by atoms with Gasteiger partial charge in [-0.2, -0.15) is 0 Å². The van der Waals surface area contributed by atoms with Crippen LogP contribution in [0.15, 0.2) is 0 Å². The average molecular weight is 240 g/mol. The van der Waals surface area contributed by atoms with Gasteiger partial charge in [0.2, 0.25) is 5.91 Å². The number of hydrogen-bond acceptors (Lipinski definition) is 2. The highest BCUT2D eigenvalue weighted by Crippen LogP contribution is 2.30. The first-order valence-corrected chi connectivity index (χ1v) is 6.97. The fourth-order valence-corrected chi connectivity index (χ4v) is 2.82. The van der Waals surface area contributed by atoms with Crippen molar-refractivity contribution in [1.82, 2.24) is 4.90 Å². The van der Waals surface area contributed by atoms with E-state index in [1.54, 1.807) is 0 Å². The zero-order chi connectivity index (χ0) is 13.0. The van der Waals surface area contributed by atoms with Crippen molar-refractivity contribution in [3.63, 3.8) is 0 Å². The first kappa shape index (κ1) is 14.5. The van der Waals surface area contributed by atoms with Crippen molar-refractivity contribution in [2.45, 2.75) is 52.5 Å². The normalized spacial score (nSPS) is 31.0. The van der Waals surface area contributed by atoms with Gasteiger partial charge >= 0.3 is 0 Å². The van der Waals surface area contributed by atoms with Gasteiger partial charge in [0.25, 0.3) is 0 Å². The Balaban J connectivity index is 2.60. The second-order valence-electron chi connectivity index (χ2n) is 5.83. The number of hydrogen-bond donors (Lipinski definition) is 1. The zero-order valence-corrected chi connectivity index (χ0v) is 11.8. The fourth-order valence-electron chi connectivity index (χ4n) is 2.82. The standard InChI is InChI=1S/C14H28N2O/c1-5-10(2)9-16(4)14(17)13-11(3)7-6-8-12(13)15/h10-13H,5-9,15H2,1-4H3. The maximum Gasteiger partial charge on any atom is 0.227 e. The van der Waals surface area contributed by atoms with Gasteiger partial charge in [-0.25, -0.2) is 0 Å². The Kier molecular flexibility index (Phi) is 5.44. The van der Waals surface area contributed by atoms with Gasteiger partial charge in [-0.05, 0) is 24.7 Å². The van der Waals surface area contributed by atoms with Crippen LogP contribution in [0.25, 0.3) is 0 Å². The summed E-state index contributed by atoms with van der Waals surface area (Å²) in [5, 5.41) is 0. The second-order valence-corrected chi connectivity index (χ2v) is 5.83. The van der Waals surface area contributed by atoms with Crippen LogP contribution >= 0.6 is 0 Å². The molecule has 3 nitrogen and oxygen atoms in total. The molecule has 0 radical (unpaired) electrons. The zero-order valence-electron chi connectivity index (χ0n) is 11.8. The molecule has 0 aromatic heterocycles. The summed E-state index contributed by atoms with van der Waals surface area (Å²) >= 11 is 0. The Bertz CT molecular complexity index is 245. The molecule has 4 unspecified atom stereocenters. The molecule has 1 fully saturated rings.